The summed E-state index contributed by atoms with van der Waals surface area (Å²) in [5.41, 5.74) is 12.1. The van der Waals surface area contributed by atoms with E-state index in [4.69, 9.17) is 20.6 Å². The molecule has 0 fully saturated rings. The van der Waals surface area contributed by atoms with Crippen LogP contribution in [0, 0.1) is 18.3 Å². The van der Waals surface area contributed by atoms with Gasteiger partial charge in [-0.15, -0.1) is 0 Å². The van der Waals surface area contributed by atoms with Gasteiger partial charge in [-0.3, -0.25) is 0 Å². The number of nitrogens with two attached hydrogens (primary N) is 2. The number of pyridine rings is 1. The summed E-state index contributed by atoms with van der Waals surface area (Å²) >= 11 is 1.01. The van der Waals surface area contributed by atoms with E-state index in [1.165, 1.54) is 0 Å². The lowest BCUT2D eigenvalue weighted by atomic mass is 10.0. The fourth-order valence-electron chi connectivity index (χ4n) is 2.98. The Morgan fingerprint density at radius 3 is 2.72 bits per heavy atom. The van der Waals surface area contributed by atoms with Crippen molar-refractivity contribution in [2.24, 2.45) is 5.73 Å². The van der Waals surface area contributed by atoms with Crippen molar-refractivity contribution in [1.82, 2.24) is 9.71 Å². The van der Waals surface area contributed by atoms with Gasteiger partial charge < -0.3 is 25.9 Å². The predicted octanol–water partition coefficient (Wildman–Crippen LogP) is 2.52. The van der Waals surface area contributed by atoms with Crippen LogP contribution in [0.2, 0.25) is 0 Å². The molecule has 1 amide bonds. The van der Waals surface area contributed by atoms with Crippen LogP contribution in [0.1, 0.15) is 24.7 Å². The third-order valence-electron chi connectivity index (χ3n) is 4.48. The molecule has 0 aliphatic carbocycles. The number of nitrogens with one attached hydrogen (secondary N) is 2. The fourth-order valence-corrected chi connectivity index (χ4v) is 4.60. The average molecular weight is 479 g/mol. The number of hydrogen-bond acceptors (Lipinski definition) is 10. The van der Waals surface area contributed by atoms with E-state index in [1.54, 1.807) is 26.0 Å². The first-order valence-electron chi connectivity index (χ1n) is 9.58. The van der Waals surface area contributed by atoms with Gasteiger partial charge in [-0.1, -0.05) is 11.3 Å². The summed E-state index contributed by atoms with van der Waals surface area (Å²) in [6.45, 7) is 3.91. The Labute approximate surface area is 188 Å². The van der Waals surface area contributed by atoms with Gasteiger partial charge in [0.15, 0.2) is 0 Å². The quantitative estimate of drug-likeness (QED) is 0.335. The molecule has 6 N–H and O–H groups in total. The second-order valence-electron chi connectivity index (χ2n) is 6.72. The molecule has 3 aromatic rings. The predicted molar refractivity (Wildman–Crippen MR) is 122 cm³/mol. The summed E-state index contributed by atoms with van der Waals surface area (Å²) in [7, 11) is -3.28. The number of furan rings is 1. The van der Waals surface area contributed by atoms with Crippen LogP contribution in [0.15, 0.2) is 16.5 Å². The molecular formula is C19H22N6O5S2. The van der Waals surface area contributed by atoms with Gasteiger partial charge in [0, 0.05) is 13.1 Å². The lowest BCUT2D eigenvalue weighted by Gasteiger charge is -2.12. The number of rotatable bonds is 9. The molecule has 3 heterocycles. The molecule has 11 nitrogen and oxygen atoms in total. The van der Waals surface area contributed by atoms with Crippen molar-refractivity contribution in [3.63, 3.8) is 0 Å². The normalized spacial score (nSPS) is 11.4. The van der Waals surface area contributed by atoms with Crippen LogP contribution >= 0.6 is 11.3 Å². The molecule has 0 aromatic carbocycles. The number of amides is 1. The molecule has 0 atom stereocenters. The van der Waals surface area contributed by atoms with Crippen LogP contribution in [-0.4, -0.2) is 38.3 Å². The zero-order valence-electron chi connectivity index (χ0n) is 17.4. The highest BCUT2D eigenvalue weighted by molar-refractivity contribution is 7.89. The van der Waals surface area contributed by atoms with E-state index in [9.17, 15) is 18.5 Å². The van der Waals surface area contributed by atoms with Gasteiger partial charge in [0.25, 0.3) is 0 Å². The Balaban J connectivity index is 2.02. The van der Waals surface area contributed by atoms with Gasteiger partial charge in [0.2, 0.25) is 15.1 Å². The van der Waals surface area contributed by atoms with Gasteiger partial charge in [-0.05, 0) is 32.4 Å². The highest BCUT2D eigenvalue weighted by Gasteiger charge is 2.25. The second kappa shape index (κ2) is 9.43. The van der Waals surface area contributed by atoms with Crippen molar-refractivity contribution < 1.29 is 22.4 Å². The van der Waals surface area contributed by atoms with E-state index in [0.717, 1.165) is 11.3 Å². The maximum atomic E-state index is 11.5. The molecule has 32 heavy (non-hydrogen) atoms. The van der Waals surface area contributed by atoms with E-state index in [1.807, 2.05) is 0 Å². The third kappa shape index (κ3) is 4.93. The topological polar surface area (TPSA) is 186 Å². The molecule has 0 unspecified atom stereocenters. The Bertz CT molecular complexity index is 1310. The lowest BCUT2D eigenvalue weighted by molar-refractivity contribution is 0.212. The van der Waals surface area contributed by atoms with Gasteiger partial charge in [0.1, 0.15) is 33.8 Å². The Morgan fingerprint density at radius 1 is 1.38 bits per heavy atom. The van der Waals surface area contributed by atoms with Crippen molar-refractivity contribution in [1.29, 1.82) is 5.26 Å². The number of aromatic nitrogens is 1. The molecule has 0 aliphatic rings. The number of sulfonamides is 1. The van der Waals surface area contributed by atoms with Crippen molar-refractivity contribution in [3.05, 3.63) is 23.5 Å². The minimum absolute atomic E-state index is 0.00133. The highest BCUT2D eigenvalue weighted by Crippen LogP contribution is 2.46. The highest BCUT2D eigenvalue weighted by atomic mass is 32.2. The number of carbonyl (C=O) groups is 1. The number of thiophene rings is 1. The van der Waals surface area contributed by atoms with Crippen LogP contribution in [0.4, 0.5) is 16.3 Å². The molecule has 0 bridgehead atoms. The first kappa shape index (κ1) is 23.3. The van der Waals surface area contributed by atoms with Gasteiger partial charge in [0.05, 0.1) is 22.4 Å². The van der Waals surface area contributed by atoms with E-state index < -0.39 is 16.1 Å². The van der Waals surface area contributed by atoms with Crippen LogP contribution in [-0.2, 0) is 10.0 Å². The van der Waals surface area contributed by atoms with Gasteiger partial charge >= 0.3 is 6.09 Å². The number of hydrogen-bond donors (Lipinski definition) is 4. The lowest BCUT2D eigenvalue weighted by Crippen LogP contribution is -2.27. The molecule has 0 spiro atoms. The third-order valence-corrected chi connectivity index (χ3v) is 6.86. The standard InChI is InChI=1S/C19H22N6O5S2/c1-3-32(27,28)24-8-4-7-23-16-11(9-20)13(12-6-5-10(2)29-12)14-15(21)18(30-19(22)26)31-17(14)25-16/h5-6,24H,3-4,7-8,21H2,1-2H3,(H2,22,26)(H,23,25). The molecule has 170 valence electrons. The zero-order valence-corrected chi connectivity index (χ0v) is 19.0. The van der Waals surface area contributed by atoms with Crippen molar-refractivity contribution >= 4 is 49.2 Å². The maximum Gasteiger partial charge on any atom is 0.410 e. The minimum atomic E-state index is -3.28. The largest absolute Gasteiger partial charge is 0.461 e. The van der Waals surface area contributed by atoms with Crippen LogP contribution in [0.5, 0.6) is 5.06 Å². The number of nitrogens with zero attached hydrogens (tertiary/aromatic N) is 2. The van der Waals surface area contributed by atoms with Gasteiger partial charge in [-0.25, -0.2) is 22.9 Å². The zero-order chi connectivity index (χ0) is 23.5. The number of primary amides is 1. The molecule has 0 aliphatic heterocycles. The summed E-state index contributed by atoms with van der Waals surface area (Å²) < 4.78 is 36.3. The number of carbonyl (C=O) groups excluding carboxylic acids is 1. The fraction of sp³-hybridized carbons (Fsp3) is 0.316. The molecule has 0 saturated heterocycles. The van der Waals surface area contributed by atoms with E-state index >= 15 is 0 Å². The SMILES string of the molecule is CCS(=O)(=O)NCCCNc1nc2sc(OC(N)=O)c(N)c2c(-c2ccc(C)o2)c1C#N. The molecular weight excluding hydrogens is 456 g/mol. The Kier molecular flexibility index (Phi) is 6.87. The van der Waals surface area contributed by atoms with Crippen LogP contribution in [0.25, 0.3) is 21.5 Å². The summed E-state index contributed by atoms with van der Waals surface area (Å²) in [5.74, 6) is 1.31. The smallest absolute Gasteiger partial charge is 0.410 e. The second-order valence-corrected chi connectivity index (χ2v) is 9.77. The number of fused-ring (bicyclic) bond motifs is 1. The number of aryl methyl sites for hydroxylation is 1. The molecule has 3 rings (SSSR count). The molecule has 3 aromatic heterocycles. The van der Waals surface area contributed by atoms with E-state index in [-0.39, 0.29) is 34.4 Å². The van der Waals surface area contributed by atoms with Crippen molar-refractivity contribution in [2.45, 2.75) is 20.3 Å². The van der Waals surface area contributed by atoms with Gasteiger partial charge in [-0.2, -0.15) is 5.26 Å². The summed E-state index contributed by atoms with van der Waals surface area (Å²) in [5, 5.41) is 13.5. The monoisotopic (exact) mass is 478 g/mol. The average Bonchev–Trinajstić information content (AvgIpc) is 3.29. The van der Waals surface area contributed by atoms with E-state index in [0.29, 0.717) is 40.3 Å². The maximum absolute atomic E-state index is 11.5. The van der Waals surface area contributed by atoms with Crippen LogP contribution in [0.3, 0.4) is 0 Å². The minimum Gasteiger partial charge on any atom is -0.461 e. The van der Waals surface area contributed by atoms with Crippen molar-refractivity contribution in [2.75, 3.05) is 29.9 Å². The molecule has 13 heteroatoms. The summed E-state index contributed by atoms with van der Waals surface area (Å²) in [6, 6.07) is 5.59. The van der Waals surface area contributed by atoms with Crippen LogP contribution < -0.4 is 26.2 Å². The number of anilines is 2. The van der Waals surface area contributed by atoms with E-state index in [2.05, 4.69) is 21.1 Å². The Morgan fingerprint density at radius 2 is 2.12 bits per heavy atom. The first-order chi connectivity index (χ1) is 15.2. The molecule has 0 saturated carbocycles. The summed E-state index contributed by atoms with van der Waals surface area (Å²) in [6.07, 6.45) is -0.561. The summed E-state index contributed by atoms with van der Waals surface area (Å²) in [4.78, 5) is 16.1. The number of nitriles is 1. The number of ether oxygens (including phenoxy) is 1. The molecule has 0 radical (unpaired) electrons. The first-order valence-corrected chi connectivity index (χ1v) is 12.0. The number of nitrogen functional groups attached to an aromatic ring is 1. The Hall–Kier alpha value is -3.34. The van der Waals surface area contributed by atoms with Crippen molar-refractivity contribution in [3.8, 4) is 22.5 Å².